The van der Waals surface area contributed by atoms with Gasteiger partial charge in [0.2, 0.25) is 0 Å². The predicted octanol–water partition coefficient (Wildman–Crippen LogP) is 2.79. The van der Waals surface area contributed by atoms with Crippen LogP contribution in [-0.2, 0) is 0 Å². The number of phenolic OH excluding ortho intramolecular Hbond substituents is 1. The largest absolute Gasteiger partial charge is 0.508 e. The molecular weight excluding hydrogens is 200 g/mol. The summed E-state index contributed by atoms with van der Waals surface area (Å²) in [6.07, 6.45) is 6.28. The highest BCUT2D eigenvalue weighted by molar-refractivity contribution is 5.70. The van der Waals surface area contributed by atoms with Crippen LogP contribution in [0.25, 0.3) is 5.57 Å². The van der Waals surface area contributed by atoms with Crippen LogP contribution in [0, 0.1) is 6.92 Å². The molecule has 1 aliphatic carbocycles. The lowest BCUT2D eigenvalue weighted by Gasteiger charge is -2.24. The fraction of sp³-hybridized carbons (Fsp3) is 0.286. The summed E-state index contributed by atoms with van der Waals surface area (Å²) in [5.41, 5.74) is 2.23. The van der Waals surface area contributed by atoms with Gasteiger partial charge in [0, 0.05) is 6.42 Å². The van der Waals surface area contributed by atoms with Crippen molar-refractivity contribution >= 4 is 5.57 Å². The molecule has 0 spiro atoms. The molecule has 0 aliphatic heterocycles. The number of allylic oxidation sites excluding steroid dienone is 2. The molecule has 0 saturated heterocycles. The van der Waals surface area contributed by atoms with Crippen LogP contribution in [0.4, 0.5) is 0 Å². The van der Waals surface area contributed by atoms with Gasteiger partial charge in [-0.05, 0) is 42.7 Å². The Morgan fingerprint density at radius 1 is 1.31 bits per heavy atom. The summed E-state index contributed by atoms with van der Waals surface area (Å²) in [7, 11) is 0. The SMILES string of the molecule is Cc1cc(C2=CC=CC(C)(O)C2)ccc1O. The summed E-state index contributed by atoms with van der Waals surface area (Å²) in [4.78, 5) is 0. The lowest BCUT2D eigenvalue weighted by molar-refractivity contribution is 0.117. The van der Waals surface area contributed by atoms with E-state index in [2.05, 4.69) is 0 Å². The van der Waals surface area contributed by atoms with E-state index in [9.17, 15) is 10.2 Å². The topological polar surface area (TPSA) is 40.5 Å². The minimum atomic E-state index is -0.768. The monoisotopic (exact) mass is 216 g/mol. The highest BCUT2D eigenvalue weighted by Crippen LogP contribution is 2.31. The van der Waals surface area contributed by atoms with Crippen molar-refractivity contribution in [2.45, 2.75) is 25.9 Å². The lowest BCUT2D eigenvalue weighted by atomic mass is 9.87. The molecule has 0 amide bonds. The van der Waals surface area contributed by atoms with E-state index in [0.717, 1.165) is 16.7 Å². The van der Waals surface area contributed by atoms with Gasteiger partial charge >= 0.3 is 0 Å². The average Bonchev–Trinajstić information content (AvgIpc) is 2.20. The molecule has 0 aromatic heterocycles. The zero-order chi connectivity index (χ0) is 11.8. The van der Waals surface area contributed by atoms with Gasteiger partial charge in [-0.2, -0.15) is 0 Å². The van der Waals surface area contributed by atoms with Crippen LogP contribution >= 0.6 is 0 Å². The van der Waals surface area contributed by atoms with Gasteiger partial charge in [-0.25, -0.2) is 0 Å². The molecule has 2 N–H and O–H groups in total. The lowest BCUT2D eigenvalue weighted by Crippen LogP contribution is -2.22. The van der Waals surface area contributed by atoms with E-state index in [0.29, 0.717) is 12.2 Å². The first-order valence-electron chi connectivity index (χ1n) is 5.39. The average molecular weight is 216 g/mol. The minimum absolute atomic E-state index is 0.308. The number of aromatic hydroxyl groups is 1. The number of aryl methyl sites for hydroxylation is 1. The third-order valence-electron chi connectivity index (χ3n) is 2.87. The van der Waals surface area contributed by atoms with Crippen LogP contribution < -0.4 is 0 Å². The van der Waals surface area contributed by atoms with E-state index in [1.165, 1.54) is 0 Å². The second-order valence-corrected chi connectivity index (χ2v) is 4.59. The van der Waals surface area contributed by atoms with Crippen LogP contribution in [-0.4, -0.2) is 15.8 Å². The highest BCUT2D eigenvalue weighted by atomic mass is 16.3. The first-order valence-corrected chi connectivity index (χ1v) is 5.39. The normalized spacial score (nSPS) is 24.3. The van der Waals surface area contributed by atoms with Gasteiger partial charge in [0.05, 0.1) is 5.60 Å². The summed E-state index contributed by atoms with van der Waals surface area (Å²) in [5, 5.41) is 19.4. The molecule has 1 aromatic rings. The van der Waals surface area contributed by atoms with Gasteiger partial charge in [0.15, 0.2) is 0 Å². The molecule has 1 unspecified atom stereocenters. The summed E-state index contributed by atoms with van der Waals surface area (Å²) < 4.78 is 0. The van der Waals surface area contributed by atoms with Gasteiger partial charge in [-0.3, -0.25) is 0 Å². The standard InChI is InChI=1S/C14H16O2/c1-10-8-11(5-6-13(10)15)12-4-3-7-14(2,16)9-12/h3-8,15-16H,9H2,1-2H3. The molecule has 0 radical (unpaired) electrons. The molecule has 2 rings (SSSR count). The van der Waals surface area contributed by atoms with E-state index in [1.807, 2.05) is 31.2 Å². The van der Waals surface area contributed by atoms with Gasteiger partial charge < -0.3 is 10.2 Å². The van der Waals surface area contributed by atoms with Crippen molar-refractivity contribution in [1.29, 1.82) is 0 Å². The molecule has 84 valence electrons. The van der Waals surface area contributed by atoms with Crippen molar-refractivity contribution in [1.82, 2.24) is 0 Å². The number of benzene rings is 1. The van der Waals surface area contributed by atoms with E-state index in [1.54, 1.807) is 19.1 Å². The molecule has 0 saturated carbocycles. The molecule has 0 bridgehead atoms. The Bertz CT molecular complexity index is 468. The van der Waals surface area contributed by atoms with E-state index < -0.39 is 5.60 Å². The maximum Gasteiger partial charge on any atom is 0.118 e. The maximum absolute atomic E-state index is 9.95. The highest BCUT2D eigenvalue weighted by Gasteiger charge is 2.21. The fourth-order valence-electron chi connectivity index (χ4n) is 1.93. The zero-order valence-electron chi connectivity index (χ0n) is 9.57. The predicted molar refractivity (Wildman–Crippen MR) is 65.2 cm³/mol. The molecule has 0 fully saturated rings. The summed E-state index contributed by atoms with van der Waals surface area (Å²) >= 11 is 0. The van der Waals surface area contributed by atoms with Crippen molar-refractivity contribution in [2.24, 2.45) is 0 Å². The molecule has 1 aromatic carbocycles. The van der Waals surface area contributed by atoms with E-state index in [-0.39, 0.29) is 0 Å². The first-order chi connectivity index (χ1) is 7.48. The van der Waals surface area contributed by atoms with Gasteiger partial charge in [-0.1, -0.05) is 24.3 Å². The Hall–Kier alpha value is -1.54. The van der Waals surface area contributed by atoms with Crippen molar-refractivity contribution in [3.63, 3.8) is 0 Å². The van der Waals surface area contributed by atoms with E-state index >= 15 is 0 Å². The Morgan fingerprint density at radius 3 is 2.69 bits per heavy atom. The summed E-state index contributed by atoms with van der Waals surface area (Å²) in [6.45, 7) is 3.67. The number of hydrogen-bond donors (Lipinski definition) is 2. The van der Waals surface area contributed by atoms with Gasteiger partial charge in [0.25, 0.3) is 0 Å². The zero-order valence-corrected chi connectivity index (χ0v) is 9.57. The van der Waals surface area contributed by atoms with Gasteiger partial charge in [0.1, 0.15) is 5.75 Å². The molecule has 16 heavy (non-hydrogen) atoms. The fourth-order valence-corrected chi connectivity index (χ4v) is 1.93. The molecule has 1 atom stereocenters. The Balaban J connectivity index is 2.35. The van der Waals surface area contributed by atoms with Crippen molar-refractivity contribution < 1.29 is 10.2 Å². The summed E-state index contributed by atoms with van der Waals surface area (Å²) in [5.74, 6) is 0.308. The second kappa shape index (κ2) is 3.80. The molecule has 2 heteroatoms. The molecule has 1 aliphatic rings. The first kappa shape index (κ1) is 11.0. The quantitative estimate of drug-likeness (QED) is 0.757. The second-order valence-electron chi connectivity index (χ2n) is 4.59. The number of rotatable bonds is 1. The Kier molecular flexibility index (Phi) is 2.60. The summed E-state index contributed by atoms with van der Waals surface area (Å²) in [6, 6.07) is 5.51. The van der Waals surface area contributed by atoms with E-state index in [4.69, 9.17) is 0 Å². The minimum Gasteiger partial charge on any atom is -0.508 e. The Labute approximate surface area is 95.6 Å². The van der Waals surface area contributed by atoms with Crippen LogP contribution in [0.3, 0.4) is 0 Å². The van der Waals surface area contributed by atoms with Crippen LogP contribution in [0.1, 0.15) is 24.5 Å². The van der Waals surface area contributed by atoms with Gasteiger partial charge in [-0.15, -0.1) is 0 Å². The molecular formula is C14H16O2. The Morgan fingerprint density at radius 2 is 2.06 bits per heavy atom. The van der Waals surface area contributed by atoms with Crippen LogP contribution in [0.15, 0.2) is 36.4 Å². The molecule has 0 heterocycles. The number of phenols is 1. The van der Waals surface area contributed by atoms with Crippen molar-refractivity contribution in [2.75, 3.05) is 0 Å². The third-order valence-corrected chi connectivity index (χ3v) is 2.87. The molecule has 2 nitrogen and oxygen atoms in total. The smallest absolute Gasteiger partial charge is 0.118 e. The third kappa shape index (κ3) is 2.17. The van der Waals surface area contributed by atoms with Crippen LogP contribution in [0.5, 0.6) is 5.75 Å². The van der Waals surface area contributed by atoms with Crippen LogP contribution in [0.2, 0.25) is 0 Å². The number of hydrogen-bond acceptors (Lipinski definition) is 2. The van der Waals surface area contributed by atoms with Crippen molar-refractivity contribution in [3.05, 3.63) is 47.6 Å². The van der Waals surface area contributed by atoms with Crippen molar-refractivity contribution in [3.8, 4) is 5.75 Å². The number of aliphatic hydroxyl groups is 1. The maximum atomic E-state index is 9.95.